The standard InChI is InChI=1S/C13H17FN2O/c1-9(2)16-11(7-15)8-17-13-6-10(3)4-5-12(13)14/h4-6,9,11,16H,8H2,1-3H3. The van der Waals surface area contributed by atoms with Gasteiger partial charge in [-0.2, -0.15) is 5.26 Å². The summed E-state index contributed by atoms with van der Waals surface area (Å²) in [5, 5.41) is 11.9. The number of halogens is 1. The molecule has 0 fully saturated rings. The van der Waals surface area contributed by atoms with Crippen LogP contribution in [0.5, 0.6) is 5.75 Å². The zero-order valence-corrected chi connectivity index (χ0v) is 10.3. The van der Waals surface area contributed by atoms with Crippen molar-refractivity contribution in [3.63, 3.8) is 0 Å². The minimum atomic E-state index is -0.435. The van der Waals surface area contributed by atoms with Crippen LogP contribution in [0.3, 0.4) is 0 Å². The molecule has 1 unspecified atom stereocenters. The van der Waals surface area contributed by atoms with E-state index >= 15 is 0 Å². The summed E-state index contributed by atoms with van der Waals surface area (Å²) in [6, 6.07) is 6.49. The van der Waals surface area contributed by atoms with Gasteiger partial charge in [-0.1, -0.05) is 6.07 Å². The largest absolute Gasteiger partial charge is 0.488 e. The molecule has 1 aromatic carbocycles. The van der Waals surface area contributed by atoms with E-state index in [1.54, 1.807) is 12.1 Å². The van der Waals surface area contributed by atoms with E-state index in [1.807, 2.05) is 20.8 Å². The van der Waals surface area contributed by atoms with Crippen molar-refractivity contribution in [2.75, 3.05) is 6.61 Å². The number of benzene rings is 1. The zero-order chi connectivity index (χ0) is 12.8. The van der Waals surface area contributed by atoms with Crippen LogP contribution in [-0.4, -0.2) is 18.7 Å². The summed E-state index contributed by atoms with van der Waals surface area (Å²) >= 11 is 0. The maximum atomic E-state index is 13.4. The number of nitrogens with one attached hydrogen (secondary N) is 1. The van der Waals surface area contributed by atoms with Crippen molar-refractivity contribution in [1.29, 1.82) is 5.26 Å². The van der Waals surface area contributed by atoms with Crippen LogP contribution in [-0.2, 0) is 0 Å². The van der Waals surface area contributed by atoms with Crippen LogP contribution in [0.15, 0.2) is 18.2 Å². The Balaban J connectivity index is 2.60. The molecule has 0 aliphatic rings. The summed E-state index contributed by atoms with van der Waals surface area (Å²) in [5.74, 6) is -0.215. The van der Waals surface area contributed by atoms with Crippen LogP contribution < -0.4 is 10.1 Å². The van der Waals surface area contributed by atoms with Gasteiger partial charge in [0.2, 0.25) is 0 Å². The van der Waals surface area contributed by atoms with Crippen LogP contribution in [0.2, 0.25) is 0 Å². The first-order valence-electron chi connectivity index (χ1n) is 5.57. The molecule has 0 aliphatic heterocycles. The third-order valence-electron chi connectivity index (χ3n) is 2.18. The van der Waals surface area contributed by atoms with E-state index in [0.717, 1.165) is 5.56 Å². The zero-order valence-electron chi connectivity index (χ0n) is 10.3. The van der Waals surface area contributed by atoms with Crippen molar-refractivity contribution in [2.45, 2.75) is 32.9 Å². The van der Waals surface area contributed by atoms with Gasteiger partial charge in [0.15, 0.2) is 11.6 Å². The summed E-state index contributed by atoms with van der Waals surface area (Å²) in [7, 11) is 0. The molecule has 1 N–H and O–H groups in total. The molecular formula is C13H17FN2O. The molecule has 1 rings (SSSR count). The van der Waals surface area contributed by atoms with Gasteiger partial charge in [-0.3, -0.25) is 5.32 Å². The van der Waals surface area contributed by atoms with Crippen molar-refractivity contribution in [3.05, 3.63) is 29.6 Å². The number of nitriles is 1. The third kappa shape index (κ3) is 4.41. The molecule has 0 spiro atoms. The molecule has 0 aromatic heterocycles. The Morgan fingerprint density at radius 2 is 2.18 bits per heavy atom. The second kappa shape index (κ2) is 6.21. The molecule has 0 amide bonds. The molecule has 17 heavy (non-hydrogen) atoms. The number of hydrogen-bond acceptors (Lipinski definition) is 3. The lowest BCUT2D eigenvalue weighted by Crippen LogP contribution is -2.38. The predicted molar refractivity (Wildman–Crippen MR) is 64.3 cm³/mol. The first-order chi connectivity index (χ1) is 8.02. The van der Waals surface area contributed by atoms with E-state index < -0.39 is 11.9 Å². The normalized spacial score (nSPS) is 12.2. The molecule has 1 atom stereocenters. The minimum Gasteiger partial charge on any atom is -0.488 e. The van der Waals surface area contributed by atoms with E-state index in [2.05, 4.69) is 11.4 Å². The van der Waals surface area contributed by atoms with Gasteiger partial charge in [-0.25, -0.2) is 4.39 Å². The van der Waals surface area contributed by atoms with Gasteiger partial charge in [-0.05, 0) is 38.5 Å². The fraction of sp³-hybridized carbons (Fsp3) is 0.462. The van der Waals surface area contributed by atoms with Crippen molar-refractivity contribution < 1.29 is 9.13 Å². The number of hydrogen-bond donors (Lipinski definition) is 1. The molecule has 92 valence electrons. The van der Waals surface area contributed by atoms with Gasteiger partial charge in [0, 0.05) is 6.04 Å². The first kappa shape index (κ1) is 13.5. The van der Waals surface area contributed by atoms with Crippen molar-refractivity contribution in [1.82, 2.24) is 5.32 Å². The summed E-state index contributed by atoms with van der Waals surface area (Å²) in [5.41, 5.74) is 0.923. The number of nitrogens with zero attached hydrogens (tertiary/aromatic N) is 1. The maximum absolute atomic E-state index is 13.4. The van der Waals surface area contributed by atoms with Crippen LogP contribution in [0.1, 0.15) is 19.4 Å². The Kier molecular flexibility index (Phi) is 4.92. The van der Waals surface area contributed by atoms with Gasteiger partial charge >= 0.3 is 0 Å². The van der Waals surface area contributed by atoms with Gasteiger partial charge in [0.25, 0.3) is 0 Å². The average molecular weight is 236 g/mol. The summed E-state index contributed by atoms with van der Waals surface area (Å²) in [4.78, 5) is 0. The van der Waals surface area contributed by atoms with Gasteiger partial charge in [0.05, 0.1) is 6.07 Å². The summed E-state index contributed by atoms with van der Waals surface area (Å²) < 4.78 is 18.7. The van der Waals surface area contributed by atoms with E-state index in [0.29, 0.717) is 0 Å². The quantitative estimate of drug-likeness (QED) is 0.853. The van der Waals surface area contributed by atoms with E-state index in [9.17, 15) is 4.39 Å². The number of ether oxygens (including phenoxy) is 1. The van der Waals surface area contributed by atoms with Crippen LogP contribution in [0, 0.1) is 24.1 Å². The van der Waals surface area contributed by atoms with Crippen LogP contribution >= 0.6 is 0 Å². The number of rotatable bonds is 5. The molecule has 0 heterocycles. The Bertz CT molecular complexity index is 412. The summed E-state index contributed by atoms with van der Waals surface area (Å²) in [6.07, 6.45) is 0. The highest BCUT2D eigenvalue weighted by molar-refractivity contribution is 5.29. The highest BCUT2D eigenvalue weighted by atomic mass is 19.1. The molecule has 0 radical (unpaired) electrons. The molecule has 3 nitrogen and oxygen atoms in total. The highest BCUT2D eigenvalue weighted by Gasteiger charge is 2.11. The van der Waals surface area contributed by atoms with Crippen LogP contribution in [0.4, 0.5) is 4.39 Å². The second-order valence-corrected chi connectivity index (χ2v) is 4.25. The molecule has 1 aromatic rings. The SMILES string of the molecule is Cc1ccc(F)c(OCC(C#N)NC(C)C)c1. The smallest absolute Gasteiger partial charge is 0.165 e. The lowest BCUT2D eigenvalue weighted by atomic mass is 10.2. The summed E-state index contributed by atoms with van der Waals surface area (Å²) in [6.45, 7) is 5.88. The van der Waals surface area contributed by atoms with Crippen LogP contribution in [0.25, 0.3) is 0 Å². The molecule has 0 saturated heterocycles. The molecule has 0 aliphatic carbocycles. The lowest BCUT2D eigenvalue weighted by molar-refractivity contribution is 0.270. The van der Waals surface area contributed by atoms with Gasteiger partial charge in [0.1, 0.15) is 12.6 Å². The second-order valence-electron chi connectivity index (χ2n) is 4.25. The fourth-order valence-electron chi connectivity index (χ4n) is 1.42. The van der Waals surface area contributed by atoms with E-state index in [-0.39, 0.29) is 18.4 Å². The first-order valence-corrected chi connectivity index (χ1v) is 5.57. The van der Waals surface area contributed by atoms with Crippen molar-refractivity contribution >= 4 is 0 Å². The Morgan fingerprint density at radius 1 is 1.47 bits per heavy atom. The highest BCUT2D eigenvalue weighted by Crippen LogP contribution is 2.18. The van der Waals surface area contributed by atoms with Crippen molar-refractivity contribution in [2.24, 2.45) is 0 Å². The topological polar surface area (TPSA) is 45.0 Å². The molecule has 0 saturated carbocycles. The van der Waals surface area contributed by atoms with E-state index in [1.165, 1.54) is 6.07 Å². The van der Waals surface area contributed by atoms with Gasteiger partial charge in [-0.15, -0.1) is 0 Å². The Labute approximate surface area is 101 Å². The minimum absolute atomic E-state index is 0.134. The Morgan fingerprint density at radius 3 is 2.76 bits per heavy atom. The van der Waals surface area contributed by atoms with Crippen molar-refractivity contribution in [3.8, 4) is 11.8 Å². The monoisotopic (exact) mass is 236 g/mol. The third-order valence-corrected chi connectivity index (χ3v) is 2.18. The molecule has 4 heteroatoms. The fourth-order valence-corrected chi connectivity index (χ4v) is 1.42. The average Bonchev–Trinajstić information content (AvgIpc) is 2.28. The molecule has 0 bridgehead atoms. The number of aryl methyl sites for hydroxylation is 1. The Hall–Kier alpha value is -1.60. The molecular weight excluding hydrogens is 219 g/mol. The lowest BCUT2D eigenvalue weighted by Gasteiger charge is -2.15. The predicted octanol–water partition coefficient (Wildman–Crippen LogP) is 2.40. The van der Waals surface area contributed by atoms with E-state index in [4.69, 9.17) is 10.00 Å². The van der Waals surface area contributed by atoms with Gasteiger partial charge < -0.3 is 4.74 Å². The maximum Gasteiger partial charge on any atom is 0.165 e.